The van der Waals surface area contributed by atoms with Gasteiger partial charge in [0, 0.05) is 0 Å². The van der Waals surface area contributed by atoms with Crippen LogP contribution in [-0.4, -0.2) is 17.4 Å². The molecule has 1 aromatic rings. The molecule has 0 aromatic heterocycles. The molecule has 1 rings (SSSR count). The molecule has 0 spiro atoms. The molecule has 0 bridgehead atoms. The second kappa shape index (κ2) is 4.47. The lowest BCUT2D eigenvalue weighted by molar-refractivity contribution is 0.128. The molecule has 0 saturated carbocycles. The van der Waals surface area contributed by atoms with E-state index < -0.39 is 6.17 Å². The Hall–Kier alpha value is -1.01. The fourth-order valence-corrected chi connectivity index (χ4v) is 1.22. The maximum atomic E-state index is 9.40. The van der Waals surface area contributed by atoms with E-state index in [-0.39, 0.29) is 16.5 Å². The second-order valence-electron chi connectivity index (χ2n) is 2.66. The standard InChI is InChI=1S/C8H11ClN2O3/c1-14-6-3-4(8(10)11-13)2-5(9)7(6)12/h2-3,8,11-13H,10H2,1H3. The SMILES string of the molecule is COc1cc(C(N)NO)cc(Cl)c1O. The van der Waals surface area contributed by atoms with Crippen LogP contribution >= 0.6 is 11.6 Å². The number of hydroxylamine groups is 1. The highest BCUT2D eigenvalue weighted by Gasteiger charge is 2.12. The van der Waals surface area contributed by atoms with Crippen molar-refractivity contribution in [1.29, 1.82) is 0 Å². The summed E-state index contributed by atoms with van der Waals surface area (Å²) in [6, 6.07) is 2.92. The third kappa shape index (κ3) is 2.08. The summed E-state index contributed by atoms with van der Waals surface area (Å²) in [7, 11) is 1.40. The van der Waals surface area contributed by atoms with Gasteiger partial charge in [-0.05, 0) is 17.7 Å². The summed E-state index contributed by atoms with van der Waals surface area (Å²) in [6.45, 7) is 0. The number of halogens is 1. The molecule has 78 valence electrons. The van der Waals surface area contributed by atoms with Gasteiger partial charge in [-0.25, -0.2) is 0 Å². The van der Waals surface area contributed by atoms with Crippen LogP contribution in [0.15, 0.2) is 12.1 Å². The maximum Gasteiger partial charge on any atom is 0.176 e. The Morgan fingerprint density at radius 3 is 2.71 bits per heavy atom. The Labute approximate surface area is 86.0 Å². The van der Waals surface area contributed by atoms with Gasteiger partial charge in [-0.1, -0.05) is 11.6 Å². The molecule has 0 saturated heterocycles. The van der Waals surface area contributed by atoms with Gasteiger partial charge in [0.25, 0.3) is 0 Å². The molecular formula is C8H11ClN2O3. The average molecular weight is 219 g/mol. The normalized spacial score (nSPS) is 12.6. The Morgan fingerprint density at radius 2 is 2.21 bits per heavy atom. The van der Waals surface area contributed by atoms with E-state index in [0.29, 0.717) is 5.56 Å². The quantitative estimate of drug-likeness (QED) is 0.449. The minimum atomic E-state index is -0.776. The molecule has 0 radical (unpaired) electrons. The summed E-state index contributed by atoms with van der Waals surface area (Å²) in [5.74, 6) is 0.0567. The summed E-state index contributed by atoms with van der Waals surface area (Å²) in [4.78, 5) is 0. The van der Waals surface area contributed by atoms with Gasteiger partial charge in [-0.2, -0.15) is 5.48 Å². The summed E-state index contributed by atoms with van der Waals surface area (Å²) in [6.07, 6.45) is -0.776. The van der Waals surface area contributed by atoms with Crippen molar-refractivity contribution < 1.29 is 15.1 Å². The van der Waals surface area contributed by atoms with Gasteiger partial charge in [0.2, 0.25) is 0 Å². The highest BCUT2D eigenvalue weighted by Crippen LogP contribution is 2.35. The minimum Gasteiger partial charge on any atom is -0.503 e. The van der Waals surface area contributed by atoms with Gasteiger partial charge >= 0.3 is 0 Å². The highest BCUT2D eigenvalue weighted by atomic mass is 35.5. The number of nitrogens with two attached hydrogens (primary N) is 1. The molecule has 5 N–H and O–H groups in total. The van der Waals surface area contributed by atoms with Crippen LogP contribution in [0.25, 0.3) is 0 Å². The van der Waals surface area contributed by atoms with Crippen LogP contribution in [0.2, 0.25) is 5.02 Å². The molecule has 5 nitrogen and oxygen atoms in total. The number of hydrogen-bond donors (Lipinski definition) is 4. The molecule has 14 heavy (non-hydrogen) atoms. The van der Waals surface area contributed by atoms with Crippen molar-refractivity contribution in [3.63, 3.8) is 0 Å². The highest BCUT2D eigenvalue weighted by molar-refractivity contribution is 6.32. The largest absolute Gasteiger partial charge is 0.503 e. The Morgan fingerprint density at radius 1 is 1.57 bits per heavy atom. The van der Waals surface area contributed by atoms with Crippen molar-refractivity contribution >= 4 is 11.6 Å². The number of phenolic OH excluding ortho intramolecular Hbond substituents is 1. The fraction of sp³-hybridized carbons (Fsp3) is 0.250. The number of methoxy groups -OCH3 is 1. The Kier molecular flexibility index (Phi) is 3.54. The molecule has 6 heteroatoms. The number of rotatable bonds is 3. The molecule has 0 heterocycles. The summed E-state index contributed by atoms with van der Waals surface area (Å²) in [5, 5.41) is 18.1. The first-order valence-corrected chi connectivity index (χ1v) is 4.19. The summed E-state index contributed by atoms with van der Waals surface area (Å²) >= 11 is 5.70. The molecule has 0 aliphatic heterocycles. The number of ether oxygens (including phenoxy) is 1. The topological polar surface area (TPSA) is 87.7 Å². The first kappa shape index (κ1) is 11.1. The predicted octanol–water partition coefficient (Wildman–Crippen LogP) is 0.990. The van der Waals surface area contributed by atoms with E-state index in [1.807, 2.05) is 5.48 Å². The van der Waals surface area contributed by atoms with Crippen LogP contribution in [-0.2, 0) is 0 Å². The van der Waals surface area contributed by atoms with Crippen molar-refractivity contribution in [2.24, 2.45) is 5.73 Å². The first-order valence-electron chi connectivity index (χ1n) is 3.81. The zero-order chi connectivity index (χ0) is 10.7. The number of hydrogen-bond acceptors (Lipinski definition) is 5. The first-order chi connectivity index (χ1) is 6.60. The summed E-state index contributed by atoms with van der Waals surface area (Å²) in [5.41, 5.74) is 7.85. The van der Waals surface area contributed by atoms with E-state index in [0.717, 1.165) is 0 Å². The maximum absolute atomic E-state index is 9.40. The number of aromatic hydroxyl groups is 1. The number of phenols is 1. The van der Waals surface area contributed by atoms with E-state index in [1.165, 1.54) is 19.2 Å². The van der Waals surface area contributed by atoms with Gasteiger partial charge in [0.15, 0.2) is 11.5 Å². The third-order valence-electron chi connectivity index (χ3n) is 1.77. The van der Waals surface area contributed by atoms with E-state index in [4.69, 9.17) is 27.3 Å². The molecular weight excluding hydrogens is 208 g/mol. The zero-order valence-electron chi connectivity index (χ0n) is 7.49. The molecule has 0 amide bonds. The smallest absolute Gasteiger partial charge is 0.176 e. The molecule has 0 aliphatic carbocycles. The van der Waals surface area contributed by atoms with Crippen LogP contribution < -0.4 is 16.0 Å². The van der Waals surface area contributed by atoms with Crippen LogP contribution in [0.5, 0.6) is 11.5 Å². The third-order valence-corrected chi connectivity index (χ3v) is 2.06. The van der Waals surface area contributed by atoms with Crippen molar-refractivity contribution in [3.8, 4) is 11.5 Å². The van der Waals surface area contributed by atoms with Gasteiger partial charge in [0.05, 0.1) is 12.1 Å². The van der Waals surface area contributed by atoms with Gasteiger partial charge in [-0.15, -0.1) is 0 Å². The van der Waals surface area contributed by atoms with Crippen molar-refractivity contribution in [2.45, 2.75) is 6.17 Å². The summed E-state index contributed by atoms with van der Waals surface area (Å²) < 4.78 is 4.86. The second-order valence-corrected chi connectivity index (χ2v) is 3.07. The van der Waals surface area contributed by atoms with Gasteiger partial charge in [-0.3, -0.25) is 0 Å². The van der Waals surface area contributed by atoms with Crippen molar-refractivity contribution in [2.75, 3.05) is 7.11 Å². The minimum absolute atomic E-state index is 0.116. The molecule has 1 atom stereocenters. The van der Waals surface area contributed by atoms with Gasteiger partial charge in [0.1, 0.15) is 6.17 Å². The Balaban J connectivity index is 3.16. The molecule has 0 aliphatic rings. The Bertz CT molecular complexity index is 333. The monoisotopic (exact) mass is 218 g/mol. The molecule has 0 fully saturated rings. The van der Waals surface area contributed by atoms with E-state index in [2.05, 4.69) is 0 Å². The molecule has 1 aromatic carbocycles. The average Bonchev–Trinajstić information content (AvgIpc) is 2.20. The van der Waals surface area contributed by atoms with Crippen LogP contribution in [0, 0.1) is 0 Å². The zero-order valence-corrected chi connectivity index (χ0v) is 8.25. The fourth-order valence-electron chi connectivity index (χ4n) is 1.00. The number of nitrogens with one attached hydrogen (secondary N) is 1. The van der Waals surface area contributed by atoms with E-state index >= 15 is 0 Å². The number of benzene rings is 1. The van der Waals surface area contributed by atoms with E-state index in [1.54, 1.807) is 0 Å². The lowest BCUT2D eigenvalue weighted by Crippen LogP contribution is -2.25. The predicted molar refractivity (Wildman–Crippen MR) is 51.5 cm³/mol. The van der Waals surface area contributed by atoms with Crippen LogP contribution in [0.3, 0.4) is 0 Å². The molecule has 1 unspecified atom stereocenters. The van der Waals surface area contributed by atoms with Crippen LogP contribution in [0.1, 0.15) is 11.7 Å². The van der Waals surface area contributed by atoms with E-state index in [9.17, 15) is 5.11 Å². The van der Waals surface area contributed by atoms with Crippen LogP contribution in [0.4, 0.5) is 0 Å². The van der Waals surface area contributed by atoms with Gasteiger partial charge < -0.3 is 20.8 Å². The lowest BCUT2D eigenvalue weighted by Gasteiger charge is -2.12. The van der Waals surface area contributed by atoms with Crippen molar-refractivity contribution in [1.82, 2.24) is 5.48 Å². The lowest BCUT2D eigenvalue weighted by atomic mass is 10.1. The van der Waals surface area contributed by atoms with Crippen molar-refractivity contribution in [3.05, 3.63) is 22.7 Å².